The summed E-state index contributed by atoms with van der Waals surface area (Å²) in [6.45, 7) is 1.16. The van der Waals surface area contributed by atoms with Crippen LogP contribution in [0.3, 0.4) is 0 Å². The highest BCUT2D eigenvalue weighted by atomic mass is 32.1. The smallest absolute Gasteiger partial charge is 0.358 e. The lowest BCUT2D eigenvalue weighted by molar-refractivity contribution is -0.120. The fourth-order valence-corrected chi connectivity index (χ4v) is 2.63. The Kier molecular flexibility index (Phi) is 3.65. The van der Waals surface area contributed by atoms with Crippen molar-refractivity contribution in [3.05, 3.63) is 27.9 Å². The van der Waals surface area contributed by atoms with Crippen molar-refractivity contribution in [2.24, 2.45) is 0 Å². The number of carbonyl (C=O) groups is 2. The third-order valence-electron chi connectivity index (χ3n) is 1.89. The highest BCUT2D eigenvalue weighted by molar-refractivity contribution is 7.14. The predicted molar refractivity (Wildman–Crippen MR) is 66.4 cm³/mol. The summed E-state index contributed by atoms with van der Waals surface area (Å²) in [6, 6.07) is 1.94. The lowest BCUT2D eigenvalue weighted by Crippen LogP contribution is -2.11. The third kappa shape index (κ3) is 2.98. The number of ether oxygens (including phenoxy) is 1. The van der Waals surface area contributed by atoms with Gasteiger partial charge in [0, 0.05) is 16.3 Å². The maximum atomic E-state index is 11.5. The van der Waals surface area contributed by atoms with Crippen LogP contribution in [0.15, 0.2) is 22.2 Å². The summed E-state index contributed by atoms with van der Waals surface area (Å²) in [4.78, 5) is 26.4. The summed E-state index contributed by atoms with van der Waals surface area (Å²) in [7, 11) is 0. The van der Waals surface area contributed by atoms with Crippen LogP contribution in [0.5, 0.6) is 0 Å². The van der Waals surface area contributed by atoms with E-state index in [1.165, 1.54) is 18.3 Å². The summed E-state index contributed by atoms with van der Waals surface area (Å²) in [5.74, 6) is -0.746. The van der Waals surface area contributed by atoms with Crippen molar-refractivity contribution in [2.45, 2.75) is 6.92 Å². The molecule has 0 aliphatic carbocycles. The molecule has 88 valence electrons. The van der Waals surface area contributed by atoms with Gasteiger partial charge >= 0.3 is 5.97 Å². The first-order valence-electron chi connectivity index (χ1n) is 4.81. The van der Waals surface area contributed by atoms with Crippen molar-refractivity contribution in [3.63, 3.8) is 0 Å². The van der Waals surface area contributed by atoms with E-state index in [2.05, 4.69) is 4.98 Å². The number of thiophene rings is 1. The Morgan fingerprint density at radius 1 is 1.41 bits per heavy atom. The van der Waals surface area contributed by atoms with Crippen molar-refractivity contribution in [1.29, 1.82) is 0 Å². The van der Waals surface area contributed by atoms with Gasteiger partial charge < -0.3 is 4.74 Å². The average Bonchev–Trinajstić information content (AvgIpc) is 2.94. The number of aromatic nitrogens is 1. The summed E-state index contributed by atoms with van der Waals surface area (Å²) >= 11 is 2.95. The van der Waals surface area contributed by atoms with Gasteiger partial charge in [-0.1, -0.05) is 0 Å². The normalized spacial score (nSPS) is 10.2. The molecule has 2 aromatic heterocycles. The fourth-order valence-electron chi connectivity index (χ4n) is 1.13. The van der Waals surface area contributed by atoms with Gasteiger partial charge in [-0.25, -0.2) is 9.78 Å². The zero-order valence-corrected chi connectivity index (χ0v) is 10.6. The number of esters is 1. The molecular formula is C11H9NO3S2. The number of thiazole rings is 1. The van der Waals surface area contributed by atoms with Crippen LogP contribution in [0.1, 0.15) is 17.4 Å². The molecule has 0 aromatic carbocycles. The van der Waals surface area contributed by atoms with Crippen LogP contribution < -0.4 is 0 Å². The average molecular weight is 267 g/mol. The van der Waals surface area contributed by atoms with Crippen LogP contribution in [0.2, 0.25) is 0 Å². The lowest BCUT2D eigenvalue weighted by Gasteiger charge is -1.98. The number of carbonyl (C=O) groups excluding carboxylic acids is 2. The van der Waals surface area contributed by atoms with Crippen molar-refractivity contribution < 1.29 is 14.3 Å². The molecule has 2 rings (SSSR count). The first-order chi connectivity index (χ1) is 8.16. The van der Waals surface area contributed by atoms with Gasteiger partial charge in [-0.2, -0.15) is 11.3 Å². The number of nitrogens with zero attached hydrogens (tertiary/aromatic N) is 1. The van der Waals surface area contributed by atoms with E-state index in [1.807, 2.05) is 16.8 Å². The van der Waals surface area contributed by atoms with E-state index in [0.717, 1.165) is 10.6 Å². The highest BCUT2D eigenvalue weighted by Gasteiger charge is 2.13. The fraction of sp³-hybridized carbons (Fsp3) is 0.182. The Labute approximate surface area is 106 Å². The molecule has 0 fully saturated rings. The molecule has 0 radical (unpaired) electrons. The molecule has 0 amide bonds. The van der Waals surface area contributed by atoms with E-state index in [9.17, 15) is 9.59 Å². The molecule has 0 bridgehead atoms. The lowest BCUT2D eigenvalue weighted by atomic mass is 10.3. The Bertz CT molecular complexity index is 531. The van der Waals surface area contributed by atoms with Crippen LogP contribution >= 0.6 is 22.7 Å². The van der Waals surface area contributed by atoms with Crippen molar-refractivity contribution in [3.8, 4) is 10.6 Å². The standard InChI is InChI=1S/C11H9NO3S2/c1-7(13)4-15-11(14)9-6-17-10(12-9)8-2-3-16-5-8/h2-3,5-6H,4H2,1H3. The summed E-state index contributed by atoms with van der Waals surface area (Å²) in [5, 5.41) is 6.32. The second kappa shape index (κ2) is 5.20. The number of Topliss-reactive ketones (excluding diaryl/α,β-unsaturated/α-hetero) is 1. The number of hydrogen-bond donors (Lipinski definition) is 0. The van der Waals surface area contributed by atoms with Gasteiger partial charge in [-0.3, -0.25) is 4.79 Å². The first kappa shape index (κ1) is 11.9. The van der Waals surface area contributed by atoms with Crippen molar-refractivity contribution >= 4 is 34.4 Å². The van der Waals surface area contributed by atoms with E-state index in [4.69, 9.17) is 4.74 Å². The predicted octanol–water partition coefficient (Wildman–Crippen LogP) is 2.62. The second-order valence-corrected chi connectivity index (χ2v) is 4.97. The van der Waals surface area contributed by atoms with E-state index in [-0.39, 0.29) is 18.1 Å². The zero-order chi connectivity index (χ0) is 12.3. The zero-order valence-electron chi connectivity index (χ0n) is 9.00. The first-order valence-corrected chi connectivity index (χ1v) is 6.63. The van der Waals surface area contributed by atoms with E-state index < -0.39 is 5.97 Å². The minimum atomic E-state index is -0.557. The summed E-state index contributed by atoms with van der Waals surface area (Å²) < 4.78 is 4.78. The molecule has 0 saturated heterocycles. The largest absolute Gasteiger partial charge is 0.453 e. The molecule has 2 heterocycles. The molecule has 0 saturated carbocycles. The van der Waals surface area contributed by atoms with Gasteiger partial charge in [0.05, 0.1) is 0 Å². The topological polar surface area (TPSA) is 56.3 Å². The molecule has 4 nitrogen and oxygen atoms in total. The molecule has 0 aliphatic rings. The quantitative estimate of drug-likeness (QED) is 0.799. The van der Waals surface area contributed by atoms with Crippen molar-refractivity contribution in [1.82, 2.24) is 4.98 Å². The van der Waals surface area contributed by atoms with Crippen molar-refractivity contribution in [2.75, 3.05) is 6.61 Å². The molecule has 0 N–H and O–H groups in total. The molecule has 0 spiro atoms. The van der Waals surface area contributed by atoms with Crippen LogP contribution in [0.4, 0.5) is 0 Å². The number of hydrogen-bond acceptors (Lipinski definition) is 6. The molecule has 2 aromatic rings. The SMILES string of the molecule is CC(=O)COC(=O)c1csc(-c2ccsc2)n1. The van der Waals surface area contributed by atoms with Crippen LogP contribution in [0.25, 0.3) is 10.6 Å². The van der Waals surface area contributed by atoms with E-state index in [1.54, 1.807) is 16.7 Å². The van der Waals surface area contributed by atoms with Gasteiger partial charge in [0.25, 0.3) is 0 Å². The molecule has 6 heteroatoms. The van der Waals surface area contributed by atoms with Crippen LogP contribution in [-0.2, 0) is 9.53 Å². The highest BCUT2D eigenvalue weighted by Crippen LogP contribution is 2.25. The number of ketones is 1. The van der Waals surface area contributed by atoms with E-state index in [0.29, 0.717) is 0 Å². The molecule has 0 aliphatic heterocycles. The Morgan fingerprint density at radius 3 is 2.88 bits per heavy atom. The summed E-state index contributed by atoms with van der Waals surface area (Å²) in [6.07, 6.45) is 0. The molecule has 0 atom stereocenters. The molecular weight excluding hydrogens is 258 g/mol. The van der Waals surface area contributed by atoms with Gasteiger partial charge in [0.15, 0.2) is 11.5 Å². The molecule has 17 heavy (non-hydrogen) atoms. The third-order valence-corrected chi connectivity index (χ3v) is 3.46. The maximum absolute atomic E-state index is 11.5. The minimum absolute atomic E-state index is 0.188. The van der Waals surface area contributed by atoms with Gasteiger partial charge in [-0.15, -0.1) is 11.3 Å². The Balaban J connectivity index is 2.08. The maximum Gasteiger partial charge on any atom is 0.358 e. The van der Waals surface area contributed by atoms with Crippen LogP contribution in [-0.4, -0.2) is 23.3 Å². The monoisotopic (exact) mass is 267 g/mol. The number of rotatable bonds is 4. The second-order valence-electron chi connectivity index (χ2n) is 3.33. The minimum Gasteiger partial charge on any atom is -0.453 e. The summed E-state index contributed by atoms with van der Waals surface area (Å²) in [5.41, 5.74) is 1.24. The molecule has 0 unspecified atom stereocenters. The van der Waals surface area contributed by atoms with E-state index >= 15 is 0 Å². The Morgan fingerprint density at radius 2 is 2.24 bits per heavy atom. The Hall–Kier alpha value is -1.53. The van der Waals surface area contributed by atoms with Gasteiger partial charge in [0.1, 0.15) is 11.6 Å². The van der Waals surface area contributed by atoms with Gasteiger partial charge in [-0.05, 0) is 18.4 Å². The van der Waals surface area contributed by atoms with Gasteiger partial charge in [0.2, 0.25) is 0 Å². The van der Waals surface area contributed by atoms with Crippen LogP contribution in [0, 0.1) is 0 Å².